The topological polar surface area (TPSA) is 64.2 Å². The van der Waals surface area contributed by atoms with Crippen molar-refractivity contribution in [3.8, 4) is 11.1 Å². The molecule has 25 heavy (non-hydrogen) atoms. The molecule has 2 aliphatic rings. The van der Waals surface area contributed by atoms with E-state index in [-0.39, 0.29) is 5.54 Å². The van der Waals surface area contributed by atoms with Gasteiger partial charge in [-0.2, -0.15) is 5.10 Å². The van der Waals surface area contributed by atoms with E-state index in [0.29, 0.717) is 0 Å². The third kappa shape index (κ3) is 2.13. The lowest BCUT2D eigenvalue weighted by Gasteiger charge is -2.39. The molecule has 5 heteroatoms. The van der Waals surface area contributed by atoms with Gasteiger partial charge in [-0.15, -0.1) is 0 Å². The van der Waals surface area contributed by atoms with Crippen LogP contribution in [0.1, 0.15) is 12.0 Å². The zero-order valence-corrected chi connectivity index (χ0v) is 13.8. The molecule has 2 aromatic carbocycles. The summed E-state index contributed by atoms with van der Waals surface area (Å²) >= 11 is 0. The summed E-state index contributed by atoms with van der Waals surface area (Å²) in [5.74, 6) is 0. The molecule has 3 heterocycles. The van der Waals surface area contributed by atoms with E-state index in [2.05, 4.69) is 68.9 Å². The van der Waals surface area contributed by atoms with E-state index in [9.17, 15) is 5.11 Å². The fraction of sp³-hybridized carbons (Fsp3) is 0.250. The van der Waals surface area contributed by atoms with Crippen LogP contribution in [0.3, 0.4) is 0 Å². The first kappa shape index (κ1) is 14.7. The summed E-state index contributed by atoms with van der Waals surface area (Å²) in [5, 5.41) is 20.8. The second kappa shape index (κ2) is 5.44. The van der Waals surface area contributed by atoms with Crippen LogP contribution < -0.4 is 10.2 Å². The number of anilines is 2. The number of hydrogen-bond acceptors (Lipinski definition) is 4. The zero-order chi connectivity index (χ0) is 16.9. The molecule has 0 saturated carbocycles. The number of hydrogen-bond donors (Lipinski definition) is 3. The van der Waals surface area contributed by atoms with Crippen LogP contribution in [-0.4, -0.2) is 33.6 Å². The highest BCUT2D eigenvalue weighted by Gasteiger charge is 2.52. The summed E-state index contributed by atoms with van der Waals surface area (Å²) in [4.78, 5) is 2.33. The molecule has 1 fully saturated rings. The average molecular weight is 332 g/mol. The molecule has 5 nitrogen and oxygen atoms in total. The minimum absolute atomic E-state index is 0.305. The Labute approximate surface area is 146 Å². The molecule has 0 bridgehead atoms. The smallest absolute Gasteiger partial charge is 0.129 e. The Bertz CT molecular complexity index is 890. The van der Waals surface area contributed by atoms with Crippen molar-refractivity contribution in [1.29, 1.82) is 0 Å². The lowest BCUT2D eigenvalue weighted by Crippen LogP contribution is -2.53. The van der Waals surface area contributed by atoms with Crippen molar-refractivity contribution in [3.05, 3.63) is 66.5 Å². The van der Waals surface area contributed by atoms with Gasteiger partial charge in [0.15, 0.2) is 0 Å². The Morgan fingerprint density at radius 1 is 1.08 bits per heavy atom. The maximum Gasteiger partial charge on any atom is 0.129 e. The normalized spacial score (nSPS) is 24.8. The number of rotatable bonds is 2. The Hall–Kier alpha value is -2.63. The molecule has 0 radical (unpaired) electrons. The van der Waals surface area contributed by atoms with Gasteiger partial charge in [-0.05, 0) is 42.3 Å². The third-order valence-electron chi connectivity index (χ3n) is 5.54. The molecule has 3 aromatic rings. The molecule has 0 amide bonds. The van der Waals surface area contributed by atoms with E-state index in [4.69, 9.17) is 0 Å². The van der Waals surface area contributed by atoms with Crippen LogP contribution in [-0.2, 0) is 6.42 Å². The number of fused-ring (bicyclic) bond motifs is 1. The first-order valence-corrected chi connectivity index (χ1v) is 8.67. The van der Waals surface area contributed by atoms with Gasteiger partial charge in [0.2, 0.25) is 0 Å². The Kier molecular flexibility index (Phi) is 3.20. The summed E-state index contributed by atoms with van der Waals surface area (Å²) in [5.41, 5.74) is 5.50. The summed E-state index contributed by atoms with van der Waals surface area (Å²) in [6.45, 7) is 0.832. The fourth-order valence-corrected chi connectivity index (χ4v) is 4.31. The summed E-state index contributed by atoms with van der Waals surface area (Å²) in [7, 11) is 0. The number of nitrogens with zero attached hydrogens (tertiary/aromatic N) is 2. The van der Waals surface area contributed by atoms with Crippen molar-refractivity contribution in [2.24, 2.45) is 0 Å². The van der Waals surface area contributed by atoms with E-state index in [1.165, 1.54) is 11.3 Å². The Morgan fingerprint density at radius 2 is 1.92 bits per heavy atom. The van der Waals surface area contributed by atoms with Crippen molar-refractivity contribution < 1.29 is 5.11 Å². The van der Waals surface area contributed by atoms with E-state index in [0.717, 1.165) is 36.2 Å². The van der Waals surface area contributed by atoms with Gasteiger partial charge in [-0.25, -0.2) is 0 Å². The number of nitrogens with one attached hydrogen (secondary N) is 2. The highest BCUT2D eigenvalue weighted by atomic mass is 16.3. The second-order valence-electron chi connectivity index (χ2n) is 6.88. The molecule has 126 valence electrons. The van der Waals surface area contributed by atoms with Crippen LogP contribution >= 0.6 is 0 Å². The van der Waals surface area contributed by atoms with Crippen LogP contribution in [0.5, 0.6) is 0 Å². The lowest BCUT2D eigenvalue weighted by atomic mass is 9.91. The number of H-pyrrole nitrogens is 1. The number of aromatic nitrogens is 2. The van der Waals surface area contributed by atoms with E-state index in [1.807, 2.05) is 12.4 Å². The largest absolute Gasteiger partial charge is 0.376 e. The van der Waals surface area contributed by atoms with Crippen molar-refractivity contribution in [2.75, 3.05) is 11.4 Å². The number of aromatic amines is 1. The predicted octanol–water partition coefficient (Wildman–Crippen LogP) is 2.82. The number of benzene rings is 2. The van der Waals surface area contributed by atoms with Gasteiger partial charge in [0.25, 0.3) is 0 Å². The van der Waals surface area contributed by atoms with Gasteiger partial charge in [0.1, 0.15) is 6.23 Å². The van der Waals surface area contributed by atoms with Crippen molar-refractivity contribution in [2.45, 2.75) is 24.6 Å². The highest BCUT2D eigenvalue weighted by Crippen LogP contribution is 2.48. The van der Waals surface area contributed by atoms with Crippen LogP contribution in [0.25, 0.3) is 11.1 Å². The maximum atomic E-state index is 10.7. The van der Waals surface area contributed by atoms with Crippen LogP contribution in [0.4, 0.5) is 11.4 Å². The van der Waals surface area contributed by atoms with Crippen molar-refractivity contribution >= 4 is 11.4 Å². The lowest BCUT2D eigenvalue weighted by molar-refractivity contribution is 0.0957. The van der Waals surface area contributed by atoms with E-state index < -0.39 is 6.23 Å². The highest BCUT2D eigenvalue weighted by molar-refractivity contribution is 5.75. The van der Waals surface area contributed by atoms with Crippen LogP contribution in [0.2, 0.25) is 0 Å². The molecule has 1 aromatic heterocycles. The number of aliphatic hydroxyl groups excluding tert-OH is 1. The van der Waals surface area contributed by atoms with Gasteiger partial charge in [-0.3, -0.25) is 10.4 Å². The Morgan fingerprint density at radius 3 is 2.64 bits per heavy atom. The SMILES string of the molecule is OC1NCCC12Cc1ccccc1N2c1ccc(-c2cn[nH]c2)cc1. The van der Waals surface area contributed by atoms with Crippen LogP contribution in [0.15, 0.2) is 60.9 Å². The predicted molar refractivity (Wildman–Crippen MR) is 97.7 cm³/mol. The standard InChI is InChI=1S/C20H20N4O/c25-19-20(9-10-21-19)11-15-3-1-2-4-18(15)24(20)17-7-5-14(6-8-17)16-12-22-23-13-16/h1-8,12-13,19,21,25H,9-11H2,(H,22,23). The second-order valence-corrected chi connectivity index (χ2v) is 6.88. The van der Waals surface area contributed by atoms with Gasteiger partial charge in [0.05, 0.1) is 11.7 Å². The molecular formula is C20H20N4O. The average Bonchev–Trinajstić information content (AvgIpc) is 3.36. The molecule has 3 N–H and O–H groups in total. The zero-order valence-electron chi connectivity index (χ0n) is 13.8. The molecule has 2 unspecified atom stereocenters. The fourth-order valence-electron chi connectivity index (χ4n) is 4.31. The molecule has 2 aliphatic heterocycles. The first-order chi connectivity index (χ1) is 12.3. The minimum Gasteiger partial charge on any atom is -0.376 e. The maximum absolute atomic E-state index is 10.7. The Balaban J connectivity index is 1.60. The molecule has 1 spiro atoms. The molecule has 5 rings (SSSR count). The molecular weight excluding hydrogens is 312 g/mol. The summed E-state index contributed by atoms with van der Waals surface area (Å²) in [6, 6.07) is 17.0. The van der Waals surface area contributed by atoms with E-state index in [1.54, 1.807) is 0 Å². The van der Waals surface area contributed by atoms with Crippen LogP contribution in [0, 0.1) is 0 Å². The summed E-state index contributed by atoms with van der Waals surface area (Å²) in [6.07, 6.45) is 4.97. The molecule has 2 atom stereocenters. The quantitative estimate of drug-likeness (QED) is 0.675. The minimum atomic E-state index is -0.534. The van der Waals surface area contributed by atoms with Crippen molar-refractivity contribution in [3.63, 3.8) is 0 Å². The van der Waals surface area contributed by atoms with Gasteiger partial charge >= 0.3 is 0 Å². The number of aliphatic hydroxyl groups is 1. The number of para-hydroxylation sites is 1. The first-order valence-electron chi connectivity index (χ1n) is 8.67. The monoisotopic (exact) mass is 332 g/mol. The summed E-state index contributed by atoms with van der Waals surface area (Å²) < 4.78 is 0. The molecule has 0 aliphatic carbocycles. The van der Waals surface area contributed by atoms with E-state index >= 15 is 0 Å². The van der Waals surface area contributed by atoms with Gasteiger partial charge in [0, 0.05) is 29.6 Å². The molecule has 1 saturated heterocycles. The van der Waals surface area contributed by atoms with Gasteiger partial charge < -0.3 is 10.0 Å². The van der Waals surface area contributed by atoms with Crippen molar-refractivity contribution in [1.82, 2.24) is 15.5 Å². The third-order valence-corrected chi connectivity index (χ3v) is 5.54. The van der Waals surface area contributed by atoms with Gasteiger partial charge in [-0.1, -0.05) is 30.3 Å².